The maximum atomic E-state index is 12.6. The summed E-state index contributed by atoms with van der Waals surface area (Å²) in [4.78, 5) is 3.92. The number of pyridine rings is 1. The summed E-state index contributed by atoms with van der Waals surface area (Å²) in [7, 11) is 0. The summed E-state index contributed by atoms with van der Waals surface area (Å²) in [6.07, 6.45) is -1.63. The Kier molecular flexibility index (Phi) is 4.06. The summed E-state index contributed by atoms with van der Waals surface area (Å²) in [5, 5.41) is 10.1. The average molecular weight is 264 g/mol. The second-order valence-corrected chi connectivity index (χ2v) is 4.24. The highest BCUT2D eigenvalue weighted by Crippen LogP contribution is 2.25. The molecule has 2 aromatic rings. The summed E-state index contributed by atoms with van der Waals surface area (Å²) in [6, 6.07) is 9.23. The number of rotatable bonds is 4. The minimum atomic E-state index is -2.55. The lowest BCUT2D eigenvalue weighted by Gasteiger charge is -2.13. The molecule has 0 fully saturated rings. The smallest absolute Gasteiger partial charge is 0.263 e. The van der Waals surface area contributed by atoms with Crippen molar-refractivity contribution in [1.29, 1.82) is 0 Å². The van der Waals surface area contributed by atoms with Crippen molar-refractivity contribution >= 4 is 5.82 Å². The van der Waals surface area contributed by atoms with E-state index in [1.165, 1.54) is 18.2 Å². The molecule has 5 heteroatoms. The van der Waals surface area contributed by atoms with Crippen molar-refractivity contribution < 1.29 is 13.9 Å². The molecule has 0 spiro atoms. The number of nitrogen functional groups attached to an aromatic ring is 1. The number of benzene rings is 1. The normalized spacial score (nSPS) is 12.6. The van der Waals surface area contributed by atoms with Crippen molar-refractivity contribution in [1.82, 2.24) is 4.98 Å². The molecule has 0 saturated heterocycles. The van der Waals surface area contributed by atoms with E-state index in [1.807, 2.05) is 0 Å². The van der Waals surface area contributed by atoms with E-state index in [0.29, 0.717) is 16.9 Å². The fraction of sp³-hybridized carbons (Fsp3) is 0.214. The number of anilines is 1. The first-order valence-corrected chi connectivity index (χ1v) is 5.83. The van der Waals surface area contributed by atoms with E-state index in [1.54, 1.807) is 24.4 Å². The molecule has 0 amide bonds. The van der Waals surface area contributed by atoms with Crippen molar-refractivity contribution in [3.05, 3.63) is 59.3 Å². The molecule has 3 nitrogen and oxygen atoms in total. The van der Waals surface area contributed by atoms with E-state index in [9.17, 15) is 13.9 Å². The molecule has 0 aliphatic heterocycles. The quantitative estimate of drug-likeness (QED) is 0.892. The Morgan fingerprint density at radius 3 is 2.58 bits per heavy atom. The van der Waals surface area contributed by atoms with Crippen LogP contribution in [0.5, 0.6) is 0 Å². The van der Waals surface area contributed by atoms with Gasteiger partial charge < -0.3 is 10.8 Å². The molecule has 0 radical (unpaired) electrons. The standard InChI is InChI=1S/C14H14F2N2O/c15-13(16)10-4-1-3-9(7-10)12(19)8-11-5-2-6-18-14(11)17/h1-7,12-13,19H,8H2,(H2,17,18). The van der Waals surface area contributed by atoms with E-state index < -0.39 is 12.5 Å². The van der Waals surface area contributed by atoms with Gasteiger partial charge in [0, 0.05) is 18.2 Å². The minimum absolute atomic E-state index is 0.101. The van der Waals surface area contributed by atoms with E-state index in [4.69, 9.17) is 5.73 Å². The third kappa shape index (κ3) is 3.26. The molecule has 0 aliphatic rings. The largest absolute Gasteiger partial charge is 0.388 e. The van der Waals surface area contributed by atoms with Crippen LogP contribution in [0.3, 0.4) is 0 Å². The van der Waals surface area contributed by atoms with Gasteiger partial charge in [0.25, 0.3) is 6.43 Å². The van der Waals surface area contributed by atoms with Crippen LogP contribution < -0.4 is 5.73 Å². The van der Waals surface area contributed by atoms with Gasteiger partial charge in [-0.3, -0.25) is 0 Å². The predicted molar refractivity (Wildman–Crippen MR) is 68.7 cm³/mol. The van der Waals surface area contributed by atoms with Crippen molar-refractivity contribution in [2.24, 2.45) is 0 Å². The summed E-state index contributed by atoms with van der Waals surface area (Å²) in [5.74, 6) is 0.339. The van der Waals surface area contributed by atoms with Crippen LogP contribution in [-0.2, 0) is 6.42 Å². The number of halogens is 2. The average Bonchev–Trinajstić information content (AvgIpc) is 2.41. The lowest BCUT2D eigenvalue weighted by molar-refractivity contribution is 0.149. The first-order chi connectivity index (χ1) is 9.08. The zero-order valence-electron chi connectivity index (χ0n) is 10.1. The van der Waals surface area contributed by atoms with Crippen LogP contribution >= 0.6 is 0 Å². The number of aliphatic hydroxyl groups excluding tert-OH is 1. The zero-order valence-corrected chi connectivity index (χ0v) is 10.1. The fourth-order valence-electron chi connectivity index (χ4n) is 1.85. The van der Waals surface area contributed by atoms with Gasteiger partial charge in [0.05, 0.1) is 6.10 Å². The Balaban J connectivity index is 2.18. The third-order valence-corrected chi connectivity index (χ3v) is 2.89. The van der Waals surface area contributed by atoms with Gasteiger partial charge in [-0.15, -0.1) is 0 Å². The molecule has 0 aliphatic carbocycles. The van der Waals surface area contributed by atoms with Crippen LogP contribution in [0, 0.1) is 0 Å². The SMILES string of the molecule is Nc1ncccc1CC(O)c1cccc(C(F)F)c1. The Hall–Kier alpha value is -2.01. The second-order valence-electron chi connectivity index (χ2n) is 4.24. The summed E-state index contributed by atoms with van der Waals surface area (Å²) in [6.45, 7) is 0. The number of nitrogens with two attached hydrogens (primary N) is 1. The van der Waals surface area contributed by atoms with Crippen molar-refractivity contribution in [2.75, 3.05) is 5.73 Å². The number of nitrogens with zero attached hydrogens (tertiary/aromatic N) is 1. The molecule has 1 aromatic carbocycles. The van der Waals surface area contributed by atoms with Gasteiger partial charge in [0.1, 0.15) is 5.82 Å². The number of hydrogen-bond acceptors (Lipinski definition) is 3. The Bertz CT molecular complexity index is 561. The fourth-order valence-corrected chi connectivity index (χ4v) is 1.85. The second kappa shape index (κ2) is 5.75. The summed E-state index contributed by atoms with van der Waals surface area (Å²) < 4.78 is 25.2. The van der Waals surface area contributed by atoms with Crippen molar-refractivity contribution in [3.8, 4) is 0 Å². The summed E-state index contributed by atoms with van der Waals surface area (Å²) in [5.41, 5.74) is 6.72. The highest BCUT2D eigenvalue weighted by atomic mass is 19.3. The number of aromatic nitrogens is 1. The molecule has 1 heterocycles. The highest BCUT2D eigenvalue weighted by molar-refractivity contribution is 5.39. The van der Waals surface area contributed by atoms with Crippen LogP contribution in [0.1, 0.15) is 29.2 Å². The van der Waals surface area contributed by atoms with E-state index in [2.05, 4.69) is 4.98 Å². The van der Waals surface area contributed by atoms with Gasteiger partial charge >= 0.3 is 0 Å². The lowest BCUT2D eigenvalue weighted by Crippen LogP contribution is -2.05. The van der Waals surface area contributed by atoms with Crippen LogP contribution in [0.2, 0.25) is 0 Å². The molecule has 19 heavy (non-hydrogen) atoms. The van der Waals surface area contributed by atoms with Crippen LogP contribution in [-0.4, -0.2) is 10.1 Å². The van der Waals surface area contributed by atoms with E-state index in [-0.39, 0.29) is 12.0 Å². The topological polar surface area (TPSA) is 59.1 Å². The first-order valence-electron chi connectivity index (χ1n) is 5.83. The molecular formula is C14H14F2N2O. The highest BCUT2D eigenvalue weighted by Gasteiger charge is 2.14. The molecule has 1 aromatic heterocycles. The third-order valence-electron chi connectivity index (χ3n) is 2.89. The number of aliphatic hydroxyl groups is 1. The zero-order chi connectivity index (χ0) is 13.8. The van der Waals surface area contributed by atoms with Crippen LogP contribution in [0.4, 0.5) is 14.6 Å². The molecular weight excluding hydrogens is 250 g/mol. The van der Waals surface area contributed by atoms with E-state index >= 15 is 0 Å². The maximum Gasteiger partial charge on any atom is 0.263 e. The minimum Gasteiger partial charge on any atom is -0.388 e. The molecule has 2 rings (SSSR count). The molecule has 0 saturated carbocycles. The van der Waals surface area contributed by atoms with Crippen LogP contribution in [0.15, 0.2) is 42.6 Å². The van der Waals surface area contributed by atoms with Gasteiger partial charge in [-0.1, -0.05) is 24.3 Å². The maximum absolute atomic E-state index is 12.6. The van der Waals surface area contributed by atoms with Crippen molar-refractivity contribution in [3.63, 3.8) is 0 Å². The molecule has 3 N–H and O–H groups in total. The Morgan fingerprint density at radius 1 is 1.16 bits per heavy atom. The van der Waals surface area contributed by atoms with Crippen molar-refractivity contribution in [2.45, 2.75) is 19.0 Å². The predicted octanol–water partition coefficient (Wildman–Crippen LogP) is 2.88. The van der Waals surface area contributed by atoms with Gasteiger partial charge in [0.15, 0.2) is 0 Å². The Morgan fingerprint density at radius 2 is 1.89 bits per heavy atom. The molecule has 0 bridgehead atoms. The molecule has 1 unspecified atom stereocenters. The van der Waals surface area contributed by atoms with Crippen LogP contribution in [0.25, 0.3) is 0 Å². The monoisotopic (exact) mass is 264 g/mol. The summed E-state index contributed by atoms with van der Waals surface area (Å²) >= 11 is 0. The van der Waals surface area contributed by atoms with Gasteiger partial charge in [-0.05, 0) is 23.3 Å². The first kappa shape index (κ1) is 13.4. The Labute approximate surface area is 109 Å². The van der Waals surface area contributed by atoms with Gasteiger partial charge in [-0.2, -0.15) is 0 Å². The number of alkyl halides is 2. The number of hydrogen-bond donors (Lipinski definition) is 2. The molecule has 1 atom stereocenters. The van der Waals surface area contributed by atoms with Gasteiger partial charge in [0.2, 0.25) is 0 Å². The lowest BCUT2D eigenvalue weighted by atomic mass is 10.0. The molecule has 100 valence electrons. The van der Waals surface area contributed by atoms with Gasteiger partial charge in [-0.25, -0.2) is 13.8 Å². The van der Waals surface area contributed by atoms with E-state index in [0.717, 1.165) is 0 Å².